The molecule has 2 amide bonds. The number of hydrogen-bond acceptors (Lipinski definition) is 5. The molecule has 0 radical (unpaired) electrons. The average Bonchev–Trinajstić information content (AvgIpc) is 2.59. The van der Waals surface area contributed by atoms with E-state index in [0.29, 0.717) is 10.8 Å². The number of aliphatic carboxylic acids is 1. The molecule has 4 unspecified atom stereocenters. The molecule has 1 aliphatic rings. The van der Waals surface area contributed by atoms with E-state index in [1.165, 1.54) is 0 Å². The van der Waals surface area contributed by atoms with Crippen molar-refractivity contribution in [3.8, 4) is 5.75 Å². The minimum Gasteiger partial charge on any atom is -0.597 e. The summed E-state index contributed by atoms with van der Waals surface area (Å²) >= 11 is 5.74. The number of ether oxygens (including phenoxy) is 1. The largest absolute Gasteiger partial charge is 0.597 e. The molecule has 0 saturated carbocycles. The van der Waals surface area contributed by atoms with Crippen molar-refractivity contribution in [2.24, 2.45) is 0 Å². The van der Waals surface area contributed by atoms with Gasteiger partial charge in [0.25, 0.3) is 11.8 Å². The maximum Gasteiger partial charge on any atom is 0.330 e. The molecular weight excluding hydrogens is 407 g/mol. The summed E-state index contributed by atoms with van der Waals surface area (Å²) in [5, 5.41) is 10.8. The molecule has 140 valence electrons. The number of nitrogens with zero attached hydrogens (tertiary/aromatic N) is 1. The zero-order valence-electron chi connectivity index (χ0n) is 13.1. The summed E-state index contributed by atoms with van der Waals surface area (Å²) in [4.78, 5) is 36.1. The molecule has 11 heteroatoms. The summed E-state index contributed by atoms with van der Waals surface area (Å²) in [5.74, 6) is -2.34. The van der Waals surface area contributed by atoms with Gasteiger partial charge in [-0.2, -0.15) is 0 Å². The molecule has 2 N–H and O–H groups in total. The minimum atomic E-state index is -2.11. The lowest BCUT2D eigenvalue weighted by Crippen LogP contribution is -2.75. The Bertz CT molecular complexity index is 715. The quantitative estimate of drug-likeness (QED) is 0.366. The van der Waals surface area contributed by atoms with E-state index in [1.807, 2.05) is 0 Å². The lowest BCUT2D eigenvalue weighted by molar-refractivity contribution is -0.159. The van der Waals surface area contributed by atoms with Crippen LogP contribution >= 0.6 is 22.3 Å². The van der Waals surface area contributed by atoms with E-state index < -0.39 is 52.2 Å². The first-order valence-electron chi connectivity index (χ1n) is 7.18. The third-order valence-corrected chi connectivity index (χ3v) is 5.22. The van der Waals surface area contributed by atoms with Gasteiger partial charge in [-0.15, -0.1) is 6.58 Å². The van der Waals surface area contributed by atoms with Gasteiger partial charge >= 0.3 is 5.97 Å². The second-order valence-corrected chi connectivity index (χ2v) is 7.52. The van der Waals surface area contributed by atoms with E-state index >= 15 is 0 Å². The molecule has 0 aliphatic carbocycles. The van der Waals surface area contributed by atoms with Gasteiger partial charge in [0.15, 0.2) is 29.4 Å². The number of β-lactam (4-membered cyclic amide) rings is 1. The van der Waals surface area contributed by atoms with Gasteiger partial charge in [-0.25, -0.2) is 4.79 Å². The Morgan fingerprint density at radius 3 is 2.58 bits per heavy atom. The number of carboxylic acids is 1. The molecular formula is C15H14Cl2N2O6S. The number of carbonyl (C=O) groups excluding carboxylic acids is 2. The fraction of sp³-hybridized carbons (Fsp3) is 0.267. The van der Waals surface area contributed by atoms with Gasteiger partial charge in [0, 0.05) is 5.02 Å². The van der Waals surface area contributed by atoms with Gasteiger partial charge in [0.1, 0.15) is 5.75 Å². The molecule has 1 fully saturated rings. The van der Waals surface area contributed by atoms with Crippen molar-refractivity contribution in [3.05, 3.63) is 41.9 Å². The van der Waals surface area contributed by atoms with Crippen molar-refractivity contribution >= 4 is 50.5 Å². The zero-order chi connectivity index (χ0) is 19.4. The first-order chi connectivity index (χ1) is 12.3. The van der Waals surface area contributed by atoms with Crippen molar-refractivity contribution in [1.29, 1.82) is 0 Å². The van der Waals surface area contributed by atoms with E-state index in [9.17, 15) is 18.9 Å². The van der Waals surface area contributed by atoms with E-state index in [2.05, 4.69) is 11.9 Å². The first-order valence-corrected chi connectivity index (χ1v) is 9.60. The fourth-order valence-electron chi connectivity index (χ4n) is 2.34. The van der Waals surface area contributed by atoms with Crippen LogP contribution in [0.5, 0.6) is 5.75 Å². The number of amides is 2. The van der Waals surface area contributed by atoms with E-state index in [0.717, 1.165) is 11.0 Å². The molecule has 1 aromatic carbocycles. The zero-order valence-corrected chi connectivity index (χ0v) is 15.5. The van der Waals surface area contributed by atoms with Crippen LogP contribution in [0.1, 0.15) is 0 Å². The highest BCUT2D eigenvalue weighted by molar-refractivity contribution is 8.14. The Kier molecular flexibility index (Phi) is 6.76. The highest BCUT2D eigenvalue weighted by Crippen LogP contribution is 2.30. The maximum absolute atomic E-state index is 12.2. The highest BCUT2D eigenvalue weighted by atomic mass is 35.7. The third kappa shape index (κ3) is 4.42. The third-order valence-electron chi connectivity index (χ3n) is 3.55. The van der Waals surface area contributed by atoms with Crippen LogP contribution < -0.4 is 10.1 Å². The maximum atomic E-state index is 12.2. The van der Waals surface area contributed by atoms with Crippen LogP contribution in [0.15, 0.2) is 36.9 Å². The molecule has 8 nitrogen and oxygen atoms in total. The molecule has 26 heavy (non-hydrogen) atoms. The Morgan fingerprint density at radius 1 is 1.46 bits per heavy atom. The molecule has 0 spiro atoms. The fourth-order valence-corrected chi connectivity index (χ4v) is 3.84. The molecule has 2 rings (SSSR count). The van der Waals surface area contributed by atoms with E-state index in [1.54, 1.807) is 24.3 Å². The second-order valence-electron chi connectivity index (χ2n) is 5.19. The predicted molar refractivity (Wildman–Crippen MR) is 95.1 cm³/mol. The number of rotatable bonds is 8. The Labute approximate surface area is 161 Å². The van der Waals surface area contributed by atoms with Crippen molar-refractivity contribution in [2.75, 3.05) is 6.61 Å². The predicted octanol–water partition coefficient (Wildman–Crippen LogP) is 0.914. The number of likely N-dealkylation sites (tertiary alicyclic amines) is 1. The van der Waals surface area contributed by atoms with Gasteiger partial charge < -0.3 is 19.7 Å². The molecule has 0 bridgehead atoms. The summed E-state index contributed by atoms with van der Waals surface area (Å²) in [7, 11) is 3.46. The number of halogens is 2. The highest BCUT2D eigenvalue weighted by Gasteiger charge is 2.59. The molecule has 1 heterocycles. The van der Waals surface area contributed by atoms with Crippen LogP contribution in [0.25, 0.3) is 0 Å². The van der Waals surface area contributed by atoms with Crippen LogP contribution in [0.4, 0.5) is 0 Å². The Hall–Kier alpha value is -1.94. The SMILES string of the molecule is C=CC(C(=O)O)N1C(=O)C(NC(=O)COc2ccc(Cl)cc2)C1[S+]([O-])Cl. The normalized spacial score (nSPS) is 21.3. The number of benzene rings is 1. The van der Waals surface area contributed by atoms with Crippen molar-refractivity contribution in [1.82, 2.24) is 10.2 Å². The van der Waals surface area contributed by atoms with Gasteiger partial charge in [-0.3, -0.25) is 14.5 Å². The second kappa shape index (κ2) is 8.63. The van der Waals surface area contributed by atoms with E-state index in [4.69, 9.17) is 32.1 Å². The summed E-state index contributed by atoms with van der Waals surface area (Å²) in [6.45, 7) is 2.93. The van der Waals surface area contributed by atoms with Gasteiger partial charge in [-0.1, -0.05) is 17.7 Å². The van der Waals surface area contributed by atoms with Crippen molar-refractivity contribution < 1.29 is 28.8 Å². The number of hydrogen-bond donors (Lipinski definition) is 2. The smallest absolute Gasteiger partial charge is 0.330 e. The Morgan fingerprint density at radius 2 is 2.08 bits per heavy atom. The molecule has 0 aromatic heterocycles. The monoisotopic (exact) mass is 420 g/mol. The number of nitrogens with one attached hydrogen (secondary N) is 1. The molecule has 4 atom stereocenters. The lowest BCUT2D eigenvalue weighted by Gasteiger charge is -2.45. The van der Waals surface area contributed by atoms with Crippen LogP contribution in [0.2, 0.25) is 5.02 Å². The van der Waals surface area contributed by atoms with Crippen LogP contribution in [0, 0.1) is 0 Å². The molecule has 1 aromatic rings. The van der Waals surface area contributed by atoms with Gasteiger partial charge in [0.05, 0.1) is 10.4 Å². The topological polar surface area (TPSA) is 119 Å². The van der Waals surface area contributed by atoms with Crippen molar-refractivity contribution in [3.63, 3.8) is 0 Å². The average molecular weight is 421 g/mol. The number of carboxylic acid groups (broad SMARTS) is 1. The minimum absolute atomic E-state index is 0.390. The Balaban J connectivity index is 1.98. The van der Waals surface area contributed by atoms with Crippen LogP contribution in [-0.4, -0.2) is 56.4 Å². The first kappa shape index (κ1) is 20.4. The number of carbonyl (C=O) groups is 3. The summed E-state index contributed by atoms with van der Waals surface area (Å²) < 4.78 is 16.9. The molecule has 1 aliphatic heterocycles. The summed E-state index contributed by atoms with van der Waals surface area (Å²) in [6.07, 6.45) is 1.01. The van der Waals surface area contributed by atoms with Crippen LogP contribution in [0.3, 0.4) is 0 Å². The van der Waals surface area contributed by atoms with Crippen LogP contribution in [-0.2, 0) is 24.8 Å². The van der Waals surface area contributed by atoms with Gasteiger partial charge in [-0.05, 0) is 24.3 Å². The lowest BCUT2D eigenvalue weighted by atomic mass is 10.0. The summed E-state index contributed by atoms with van der Waals surface area (Å²) in [6, 6.07) is 3.67. The summed E-state index contributed by atoms with van der Waals surface area (Å²) in [5.41, 5.74) is 0. The molecule has 1 saturated heterocycles. The standard InChI is InChI=1S/C15H14Cl2N2O6S/c1-2-10(15(22)23)19-13(21)12(14(19)26(17)24)18-11(20)7-25-9-5-3-8(16)4-6-9/h2-6,10,12,14H,1,7H2,(H,18,20)(H,22,23). The van der Waals surface area contributed by atoms with Crippen molar-refractivity contribution in [2.45, 2.75) is 17.5 Å². The van der Waals surface area contributed by atoms with E-state index in [-0.39, 0.29) is 0 Å². The van der Waals surface area contributed by atoms with Gasteiger partial charge in [0.2, 0.25) is 5.37 Å².